The average Bonchev–Trinajstić information content (AvgIpc) is 2.84. The van der Waals surface area contributed by atoms with Gasteiger partial charge >= 0.3 is 0 Å². The molecule has 3 rings (SSSR count). The van der Waals surface area contributed by atoms with Gasteiger partial charge in [0, 0.05) is 18.3 Å². The fourth-order valence-corrected chi connectivity index (χ4v) is 3.08. The summed E-state index contributed by atoms with van der Waals surface area (Å²) in [5, 5.41) is 4.43. The molecule has 0 bridgehead atoms. The van der Waals surface area contributed by atoms with E-state index in [0.717, 1.165) is 35.4 Å². The van der Waals surface area contributed by atoms with E-state index in [0.29, 0.717) is 19.3 Å². The number of amidine groups is 1. The Morgan fingerprint density at radius 2 is 2.16 bits per heavy atom. The molecule has 0 amide bonds. The Labute approximate surface area is 117 Å². The summed E-state index contributed by atoms with van der Waals surface area (Å²) in [4.78, 5) is 4.58. The van der Waals surface area contributed by atoms with E-state index in [1.54, 1.807) is 11.8 Å². The smallest absolute Gasteiger partial charge is 0.161 e. The molecule has 2 aliphatic rings. The molecule has 0 radical (unpaired) electrons. The van der Waals surface area contributed by atoms with Gasteiger partial charge in [0.1, 0.15) is 13.2 Å². The van der Waals surface area contributed by atoms with Crippen LogP contribution >= 0.6 is 11.8 Å². The zero-order valence-electron chi connectivity index (χ0n) is 11.0. The number of thioether (sulfide) groups is 1. The van der Waals surface area contributed by atoms with Gasteiger partial charge in [-0.2, -0.15) is 0 Å². The minimum absolute atomic E-state index is 0.540. The third-order valence-corrected chi connectivity index (χ3v) is 4.29. The van der Waals surface area contributed by atoms with Crippen molar-refractivity contribution >= 4 is 16.9 Å². The second kappa shape index (κ2) is 5.74. The maximum atomic E-state index is 5.58. The second-order valence-corrected chi connectivity index (χ2v) is 5.78. The van der Waals surface area contributed by atoms with Crippen LogP contribution in [0.5, 0.6) is 11.5 Å². The van der Waals surface area contributed by atoms with Crippen molar-refractivity contribution in [3.8, 4) is 11.5 Å². The predicted molar refractivity (Wildman–Crippen MR) is 78.5 cm³/mol. The van der Waals surface area contributed by atoms with Crippen LogP contribution in [0.25, 0.3) is 0 Å². The molecule has 1 atom stereocenters. The Morgan fingerprint density at radius 3 is 2.95 bits per heavy atom. The van der Waals surface area contributed by atoms with Crippen LogP contribution < -0.4 is 14.8 Å². The fourth-order valence-electron chi connectivity index (χ4n) is 2.12. The highest BCUT2D eigenvalue weighted by Crippen LogP contribution is 2.30. The van der Waals surface area contributed by atoms with Gasteiger partial charge in [0.25, 0.3) is 0 Å². The Morgan fingerprint density at radius 1 is 1.32 bits per heavy atom. The van der Waals surface area contributed by atoms with Crippen LogP contribution in [0.4, 0.5) is 0 Å². The highest BCUT2D eigenvalue weighted by atomic mass is 32.2. The van der Waals surface area contributed by atoms with Crippen molar-refractivity contribution in [1.82, 2.24) is 5.32 Å². The minimum Gasteiger partial charge on any atom is -0.486 e. The summed E-state index contributed by atoms with van der Waals surface area (Å²) in [5.74, 6) is 2.82. The molecule has 1 saturated heterocycles. The molecule has 102 valence electrons. The van der Waals surface area contributed by atoms with Crippen molar-refractivity contribution in [3.63, 3.8) is 0 Å². The molecular weight excluding hydrogens is 260 g/mol. The highest BCUT2D eigenvalue weighted by Gasteiger charge is 2.15. The Balaban J connectivity index is 1.58. The predicted octanol–water partition coefficient (Wildman–Crippen LogP) is 2.08. The zero-order chi connectivity index (χ0) is 13.1. The van der Waals surface area contributed by atoms with E-state index in [1.807, 2.05) is 6.07 Å². The normalized spacial score (nSPS) is 23.4. The van der Waals surface area contributed by atoms with E-state index in [2.05, 4.69) is 29.4 Å². The van der Waals surface area contributed by atoms with Gasteiger partial charge in [0.15, 0.2) is 16.7 Å². The lowest BCUT2D eigenvalue weighted by atomic mass is 10.1. The van der Waals surface area contributed by atoms with Crippen LogP contribution in [-0.2, 0) is 6.42 Å². The maximum absolute atomic E-state index is 5.58. The van der Waals surface area contributed by atoms with Gasteiger partial charge in [-0.3, -0.25) is 4.99 Å². The monoisotopic (exact) mass is 278 g/mol. The second-order valence-electron chi connectivity index (χ2n) is 4.77. The van der Waals surface area contributed by atoms with Gasteiger partial charge in [0.05, 0.1) is 0 Å². The molecule has 1 aromatic rings. The van der Waals surface area contributed by atoms with Crippen LogP contribution in [0.1, 0.15) is 12.5 Å². The van der Waals surface area contributed by atoms with Crippen LogP contribution in [0, 0.1) is 0 Å². The first kappa shape index (κ1) is 12.7. The Kier molecular flexibility index (Phi) is 3.82. The quantitative estimate of drug-likeness (QED) is 0.919. The van der Waals surface area contributed by atoms with Crippen LogP contribution in [0.15, 0.2) is 23.2 Å². The van der Waals surface area contributed by atoms with Gasteiger partial charge < -0.3 is 14.8 Å². The highest BCUT2D eigenvalue weighted by molar-refractivity contribution is 8.14. The van der Waals surface area contributed by atoms with Crippen molar-refractivity contribution in [1.29, 1.82) is 0 Å². The summed E-state index contributed by atoms with van der Waals surface area (Å²) >= 11 is 1.80. The summed E-state index contributed by atoms with van der Waals surface area (Å²) in [6.45, 7) is 4.26. The SMILES string of the molecule is CC1CSC(=NCCc2ccc3c(c2)OCCO3)N1. The third-order valence-electron chi connectivity index (χ3n) is 3.10. The van der Waals surface area contributed by atoms with Crippen molar-refractivity contribution in [3.05, 3.63) is 23.8 Å². The topological polar surface area (TPSA) is 42.9 Å². The summed E-state index contributed by atoms with van der Waals surface area (Å²) in [6, 6.07) is 6.68. The van der Waals surface area contributed by atoms with E-state index < -0.39 is 0 Å². The Bertz CT molecular complexity index is 490. The first-order valence-electron chi connectivity index (χ1n) is 6.63. The molecule has 0 aliphatic carbocycles. The summed E-state index contributed by atoms with van der Waals surface area (Å²) in [7, 11) is 0. The molecule has 19 heavy (non-hydrogen) atoms. The number of aliphatic imine (C=N–C) groups is 1. The van der Waals surface area contributed by atoms with Gasteiger partial charge in [-0.1, -0.05) is 17.8 Å². The van der Waals surface area contributed by atoms with Gasteiger partial charge in [0.2, 0.25) is 0 Å². The number of fused-ring (bicyclic) bond motifs is 1. The lowest BCUT2D eigenvalue weighted by Gasteiger charge is -2.18. The molecule has 4 nitrogen and oxygen atoms in total. The number of nitrogens with zero attached hydrogens (tertiary/aromatic N) is 1. The molecule has 2 aliphatic heterocycles. The number of benzene rings is 1. The van der Waals surface area contributed by atoms with Crippen molar-refractivity contribution < 1.29 is 9.47 Å². The van der Waals surface area contributed by atoms with E-state index in [4.69, 9.17) is 9.47 Å². The van der Waals surface area contributed by atoms with E-state index in [-0.39, 0.29) is 0 Å². The van der Waals surface area contributed by atoms with Crippen molar-refractivity contribution in [2.75, 3.05) is 25.5 Å². The molecule has 5 heteroatoms. The largest absolute Gasteiger partial charge is 0.486 e. The molecule has 1 unspecified atom stereocenters. The summed E-state index contributed by atoms with van der Waals surface area (Å²) < 4.78 is 11.1. The van der Waals surface area contributed by atoms with Gasteiger partial charge in [-0.15, -0.1) is 0 Å². The molecule has 1 N–H and O–H groups in total. The fraction of sp³-hybridized carbons (Fsp3) is 0.500. The van der Waals surface area contributed by atoms with Crippen molar-refractivity contribution in [2.45, 2.75) is 19.4 Å². The van der Waals surface area contributed by atoms with Gasteiger partial charge in [-0.25, -0.2) is 0 Å². The molecule has 2 heterocycles. The number of ether oxygens (including phenoxy) is 2. The molecule has 1 aromatic carbocycles. The number of rotatable bonds is 3. The van der Waals surface area contributed by atoms with E-state index in [9.17, 15) is 0 Å². The zero-order valence-corrected chi connectivity index (χ0v) is 11.8. The first-order valence-corrected chi connectivity index (χ1v) is 7.62. The molecule has 1 fully saturated rings. The number of hydrogen-bond donors (Lipinski definition) is 1. The summed E-state index contributed by atoms with van der Waals surface area (Å²) in [6.07, 6.45) is 0.927. The molecule has 0 aromatic heterocycles. The van der Waals surface area contributed by atoms with Crippen LogP contribution in [0.3, 0.4) is 0 Å². The number of hydrogen-bond acceptors (Lipinski definition) is 4. The lowest BCUT2D eigenvalue weighted by Crippen LogP contribution is -2.23. The molecule has 0 saturated carbocycles. The maximum Gasteiger partial charge on any atom is 0.161 e. The van der Waals surface area contributed by atoms with Crippen LogP contribution in [-0.4, -0.2) is 36.7 Å². The van der Waals surface area contributed by atoms with E-state index in [1.165, 1.54) is 5.56 Å². The summed E-state index contributed by atoms with van der Waals surface area (Å²) in [5.41, 5.74) is 1.24. The van der Waals surface area contributed by atoms with Crippen LogP contribution in [0.2, 0.25) is 0 Å². The molecule has 0 spiro atoms. The van der Waals surface area contributed by atoms with Gasteiger partial charge in [-0.05, 0) is 31.0 Å². The first-order chi connectivity index (χ1) is 9.31. The minimum atomic E-state index is 0.540. The number of nitrogens with one attached hydrogen (secondary N) is 1. The lowest BCUT2D eigenvalue weighted by molar-refractivity contribution is 0.171. The third kappa shape index (κ3) is 3.15. The Hall–Kier alpha value is -1.36. The van der Waals surface area contributed by atoms with E-state index >= 15 is 0 Å². The molecular formula is C14H18N2O2S. The average molecular weight is 278 g/mol. The standard InChI is InChI=1S/C14H18N2O2S/c1-10-9-19-14(16-10)15-5-4-11-2-3-12-13(8-11)18-7-6-17-12/h2-3,8,10H,4-7,9H2,1H3,(H,15,16). The van der Waals surface area contributed by atoms with Crippen molar-refractivity contribution in [2.24, 2.45) is 4.99 Å².